The highest BCUT2D eigenvalue weighted by Gasteiger charge is 2.35. The highest BCUT2D eigenvalue weighted by atomic mass is 16.2. The number of nitrogens with zero attached hydrogens (tertiary/aromatic N) is 2. The van der Waals surface area contributed by atoms with Gasteiger partial charge in [0, 0.05) is 31.6 Å². The van der Waals surface area contributed by atoms with Crippen molar-refractivity contribution in [2.75, 3.05) is 28.2 Å². The summed E-state index contributed by atoms with van der Waals surface area (Å²) in [5, 5.41) is 2.94. The third-order valence-electron chi connectivity index (χ3n) is 5.37. The molecule has 2 aromatic rings. The summed E-state index contributed by atoms with van der Waals surface area (Å²) in [4.78, 5) is 40.8. The molecular weight excluding hydrogens is 354 g/mol. The third kappa shape index (κ3) is 3.50. The molecule has 2 aliphatic rings. The summed E-state index contributed by atoms with van der Waals surface area (Å²) in [6, 6.07) is 15.1. The average Bonchev–Trinajstić information content (AvgIpc) is 3.29. The monoisotopic (exact) mass is 377 g/mol. The van der Waals surface area contributed by atoms with E-state index in [1.54, 1.807) is 15.9 Å². The normalized spacial score (nSPS) is 19.4. The van der Waals surface area contributed by atoms with Crippen molar-refractivity contribution in [3.05, 3.63) is 54.1 Å². The Hall–Kier alpha value is -3.15. The molecule has 6 heteroatoms. The van der Waals surface area contributed by atoms with Crippen molar-refractivity contribution in [3.8, 4) is 0 Å². The number of hydrogen-bond donors (Lipinski definition) is 1. The van der Waals surface area contributed by atoms with E-state index in [-0.39, 0.29) is 24.1 Å². The summed E-state index contributed by atoms with van der Waals surface area (Å²) >= 11 is 0. The lowest BCUT2D eigenvalue weighted by Gasteiger charge is -2.21. The third-order valence-corrected chi connectivity index (χ3v) is 5.37. The molecule has 0 aromatic heterocycles. The highest BCUT2D eigenvalue weighted by molar-refractivity contribution is 6.06. The summed E-state index contributed by atoms with van der Waals surface area (Å²) in [6.07, 6.45) is 1.54. The second-order valence-corrected chi connectivity index (χ2v) is 7.40. The maximum atomic E-state index is 12.8. The van der Waals surface area contributed by atoms with Crippen LogP contribution in [0.4, 0.5) is 17.1 Å². The fraction of sp³-hybridized carbons (Fsp3) is 0.318. The first-order chi connectivity index (χ1) is 13.5. The molecular formula is C22H23N3O3. The topological polar surface area (TPSA) is 69.7 Å². The molecule has 1 N–H and O–H groups in total. The van der Waals surface area contributed by atoms with Crippen LogP contribution < -0.4 is 15.1 Å². The van der Waals surface area contributed by atoms with E-state index in [1.165, 1.54) is 0 Å². The minimum Gasteiger partial charge on any atom is -0.324 e. The highest BCUT2D eigenvalue weighted by Crippen LogP contribution is 2.31. The number of para-hydroxylation sites is 2. The van der Waals surface area contributed by atoms with Crippen molar-refractivity contribution in [2.45, 2.75) is 26.2 Å². The fourth-order valence-electron chi connectivity index (χ4n) is 3.81. The Balaban J connectivity index is 1.48. The molecule has 2 heterocycles. The number of hydrogen-bond acceptors (Lipinski definition) is 3. The molecule has 2 saturated heterocycles. The molecule has 2 aliphatic heterocycles. The van der Waals surface area contributed by atoms with Crippen LogP contribution in [0.3, 0.4) is 0 Å². The Morgan fingerprint density at radius 3 is 2.46 bits per heavy atom. The number of rotatable bonds is 4. The molecule has 0 spiro atoms. The minimum absolute atomic E-state index is 0.0491. The smallest absolute Gasteiger partial charge is 0.229 e. The van der Waals surface area contributed by atoms with Gasteiger partial charge in [0.2, 0.25) is 17.7 Å². The zero-order valence-corrected chi connectivity index (χ0v) is 15.9. The van der Waals surface area contributed by atoms with Gasteiger partial charge in [-0.3, -0.25) is 14.4 Å². The van der Waals surface area contributed by atoms with E-state index in [1.807, 2.05) is 49.4 Å². The molecule has 4 rings (SSSR count). The Labute approximate surface area is 164 Å². The maximum absolute atomic E-state index is 12.8. The molecule has 0 bridgehead atoms. The number of amides is 3. The van der Waals surface area contributed by atoms with Gasteiger partial charge >= 0.3 is 0 Å². The van der Waals surface area contributed by atoms with Gasteiger partial charge < -0.3 is 15.1 Å². The second kappa shape index (κ2) is 7.46. The van der Waals surface area contributed by atoms with Gasteiger partial charge in [0.25, 0.3) is 0 Å². The first kappa shape index (κ1) is 18.2. The number of benzene rings is 2. The molecule has 0 radical (unpaired) electrons. The predicted molar refractivity (Wildman–Crippen MR) is 108 cm³/mol. The molecule has 2 fully saturated rings. The van der Waals surface area contributed by atoms with Crippen LogP contribution in [0.1, 0.15) is 24.8 Å². The molecule has 0 saturated carbocycles. The molecule has 1 atom stereocenters. The number of anilines is 3. The minimum atomic E-state index is -0.420. The molecule has 0 aliphatic carbocycles. The van der Waals surface area contributed by atoms with E-state index >= 15 is 0 Å². The molecule has 144 valence electrons. The van der Waals surface area contributed by atoms with E-state index < -0.39 is 5.92 Å². The van der Waals surface area contributed by atoms with Crippen LogP contribution in [-0.2, 0) is 14.4 Å². The van der Waals surface area contributed by atoms with Gasteiger partial charge in [0.1, 0.15) is 0 Å². The molecule has 28 heavy (non-hydrogen) atoms. The van der Waals surface area contributed by atoms with Crippen molar-refractivity contribution in [1.82, 2.24) is 0 Å². The second-order valence-electron chi connectivity index (χ2n) is 7.40. The van der Waals surface area contributed by atoms with Gasteiger partial charge in [-0.2, -0.15) is 0 Å². The number of carbonyl (C=O) groups excluding carboxylic acids is 3. The van der Waals surface area contributed by atoms with Gasteiger partial charge in [0.05, 0.1) is 17.3 Å². The number of nitrogens with one attached hydrogen (secondary N) is 1. The first-order valence-corrected chi connectivity index (χ1v) is 9.60. The largest absolute Gasteiger partial charge is 0.324 e. The summed E-state index contributed by atoms with van der Waals surface area (Å²) < 4.78 is 0. The lowest BCUT2D eigenvalue weighted by molar-refractivity contribution is -0.122. The lowest BCUT2D eigenvalue weighted by Crippen LogP contribution is -2.29. The molecule has 1 unspecified atom stereocenters. The van der Waals surface area contributed by atoms with E-state index in [2.05, 4.69) is 5.32 Å². The Kier molecular flexibility index (Phi) is 4.86. The van der Waals surface area contributed by atoms with Crippen LogP contribution in [0.25, 0.3) is 0 Å². The zero-order valence-electron chi connectivity index (χ0n) is 15.9. The van der Waals surface area contributed by atoms with E-state index in [9.17, 15) is 14.4 Å². The van der Waals surface area contributed by atoms with Crippen LogP contribution in [0, 0.1) is 12.8 Å². The van der Waals surface area contributed by atoms with Crippen molar-refractivity contribution in [3.63, 3.8) is 0 Å². The van der Waals surface area contributed by atoms with Crippen molar-refractivity contribution in [2.24, 2.45) is 5.92 Å². The van der Waals surface area contributed by atoms with E-state index in [4.69, 9.17) is 0 Å². The average molecular weight is 377 g/mol. The van der Waals surface area contributed by atoms with Crippen molar-refractivity contribution in [1.29, 1.82) is 0 Å². The summed E-state index contributed by atoms with van der Waals surface area (Å²) in [7, 11) is 0. The summed E-state index contributed by atoms with van der Waals surface area (Å²) in [6.45, 7) is 3.02. The van der Waals surface area contributed by atoms with Gasteiger partial charge in [-0.25, -0.2) is 0 Å². The van der Waals surface area contributed by atoms with Crippen LogP contribution in [-0.4, -0.2) is 30.8 Å². The van der Waals surface area contributed by atoms with Crippen LogP contribution in [0.15, 0.2) is 48.5 Å². The van der Waals surface area contributed by atoms with Gasteiger partial charge in [-0.15, -0.1) is 0 Å². The SMILES string of the molecule is Cc1ccc(N2CC(C(=O)Nc3ccccc3N3CCCC3=O)CC2=O)cc1. The van der Waals surface area contributed by atoms with E-state index in [0.29, 0.717) is 25.2 Å². The summed E-state index contributed by atoms with van der Waals surface area (Å²) in [5.74, 6) is -0.589. The quantitative estimate of drug-likeness (QED) is 0.890. The van der Waals surface area contributed by atoms with E-state index in [0.717, 1.165) is 23.4 Å². The van der Waals surface area contributed by atoms with Gasteiger partial charge in [-0.05, 0) is 37.6 Å². The van der Waals surface area contributed by atoms with Crippen molar-refractivity contribution < 1.29 is 14.4 Å². The zero-order chi connectivity index (χ0) is 19.7. The fourth-order valence-corrected chi connectivity index (χ4v) is 3.81. The van der Waals surface area contributed by atoms with Gasteiger partial charge in [-0.1, -0.05) is 29.8 Å². The van der Waals surface area contributed by atoms with Gasteiger partial charge in [0.15, 0.2) is 0 Å². The Morgan fingerprint density at radius 1 is 1.00 bits per heavy atom. The molecule has 2 aromatic carbocycles. The Morgan fingerprint density at radius 2 is 1.75 bits per heavy atom. The predicted octanol–water partition coefficient (Wildman–Crippen LogP) is 3.11. The standard InChI is InChI=1S/C22H23N3O3/c1-15-8-10-17(11-9-15)25-14-16(13-21(25)27)22(28)23-18-5-2-3-6-19(18)24-12-4-7-20(24)26/h2-3,5-6,8-11,16H,4,7,12-14H2,1H3,(H,23,28). The molecule has 6 nitrogen and oxygen atoms in total. The number of carbonyl (C=O) groups is 3. The molecule has 3 amide bonds. The maximum Gasteiger partial charge on any atom is 0.229 e. The van der Waals surface area contributed by atoms with Crippen LogP contribution in [0.2, 0.25) is 0 Å². The first-order valence-electron chi connectivity index (χ1n) is 9.60. The Bertz CT molecular complexity index is 923. The summed E-state index contributed by atoms with van der Waals surface area (Å²) in [5.41, 5.74) is 3.27. The van der Waals surface area contributed by atoms with Crippen molar-refractivity contribution >= 4 is 34.8 Å². The van der Waals surface area contributed by atoms with Crippen LogP contribution in [0.5, 0.6) is 0 Å². The number of aryl methyl sites for hydroxylation is 1. The lowest BCUT2D eigenvalue weighted by atomic mass is 10.1. The van der Waals surface area contributed by atoms with Crippen LogP contribution >= 0.6 is 0 Å².